The number of aromatic nitrogens is 1. The molecule has 1 aliphatic heterocycles. The molecule has 2 heterocycles. The molecule has 1 aliphatic rings. The number of benzene rings is 1. The lowest BCUT2D eigenvalue weighted by Crippen LogP contribution is -2.04. The molecule has 0 atom stereocenters. The molecular formula is C15H17N3. The largest absolute Gasteiger partial charge is 0.384 e. The van der Waals surface area contributed by atoms with Crippen LogP contribution in [0.25, 0.3) is 0 Å². The Morgan fingerprint density at radius 3 is 3.11 bits per heavy atom. The third kappa shape index (κ3) is 2.04. The van der Waals surface area contributed by atoms with E-state index in [1.54, 1.807) is 0 Å². The summed E-state index contributed by atoms with van der Waals surface area (Å²) in [5.41, 5.74) is 6.21. The zero-order chi connectivity index (χ0) is 12.4. The normalized spacial score (nSPS) is 12.9. The maximum absolute atomic E-state index is 4.29. The van der Waals surface area contributed by atoms with Gasteiger partial charge in [0.1, 0.15) is 0 Å². The van der Waals surface area contributed by atoms with Crippen molar-refractivity contribution in [1.29, 1.82) is 0 Å². The molecule has 0 unspecified atom stereocenters. The fourth-order valence-corrected chi connectivity index (χ4v) is 2.42. The SMILES string of the molecule is Cc1ncccc1NCc1cccc2c1NCC2. The van der Waals surface area contributed by atoms with Crippen LogP contribution < -0.4 is 10.6 Å². The average molecular weight is 239 g/mol. The van der Waals surface area contributed by atoms with E-state index in [0.29, 0.717) is 0 Å². The number of rotatable bonds is 3. The summed E-state index contributed by atoms with van der Waals surface area (Å²) < 4.78 is 0. The first-order chi connectivity index (χ1) is 8.84. The average Bonchev–Trinajstić information content (AvgIpc) is 2.86. The topological polar surface area (TPSA) is 37.0 Å². The summed E-state index contributed by atoms with van der Waals surface area (Å²) in [7, 11) is 0. The second-order valence-electron chi connectivity index (χ2n) is 4.62. The van der Waals surface area contributed by atoms with Gasteiger partial charge in [0.05, 0.1) is 11.4 Å². The van der Waals surface area contributed by atoms with E-state index in [0.717, 1.165) is 30.9 Å². The van der Waals surface area contributed by atoms with Gasteiger partial charge < -0.3 is 10.6 Å². The van der Waals surface area contributed by atoms with E-state index in [2.05, 4.69) is 39.9 Å². The lowest BCUT2D eigenvalue weighted by molar-refractivity contribution is 1.10. The van der Waals surface area contributed by atoms with Gasteiger partial charge in [-0.15, -0.1) is 0 Å². The molecule has 0 saturated carbocycles. The fourth-order valence-electron chi connectivity index (χ4n) is 2.42. The Morgan fingerprint density at radius 1 is 1.28 bits per heavy atom. The lowest BCUT2D eigenvalue weighted by atomic mass is 10.1. The molecule has 3 heteroatoms. The van der Waals surface area contributed by atoms with Gasteiger partial charge in [0.2, 0.25) is 0 Å². The van der Waals surface area contributed by atoms with Gasteiger partial charge in [-0.1, -0.05) is 18.2 Å². The molecule has 18 heavy (non-hydrogen) atoms. The number of pyridine rings is 1. The molecule has 0 aliphatic carbocycles. The molecule has 1 aromatic carbocycles. The van der Waals surface area contributed by atoms with Crippen molar-refractivity contribution in [3.8, 4) is 0 Å². The van der Waals surface area contributed by atoms with E-state index in [1.807, 2.05) is 19.2 Å². The van der Waals surface area contributed by atoms with Gasteiger partial charge in [-0.25, -0.2) is 0 Å². The smallest absolute Gasteiger partial charge is 0.0603 e. The number of hydrogen-bond acceptors (Lipinski definition) is 3. The van der Waals surface area contributed by atoms with E-state index in [9.17, 15) is 0 Å². The van der Waals surface area contributed by atoms with Crippen molar-refractivity contribution in [2.75, 3.05) is 17.2 Å². The predicted octanol–water partition coefficient (Wildman–Crippen LogP) is 2.97. The number of para-hydroxylation sites is 1. The molecule has 0 spiro atoms. The summed E-state index contributed by atoms with van der Waals surface area (Å²) in [5.74, 6) is 0. The first kappa shape index (κ1) is 11.1. The first-order valence-corrected chi connectivity index (χ1v) is 6.35. The molecule has 2 N–H and O–H groups in total. The van der Waals surface area contributed by atoms with Crippen molar-refractivity contribution < 1.29 is 0 Å². The van der Waals surface area contributed by atoms with Crippen LogP contribution in [0.2, 0.25) is 0 Å². The summed E-state index contributed by atoms with van der Waals surface area (Å²) in [6.07, 6.45) is 2.96. The highest BCUT2D eigenvalue weighted by molar-refractivity contribution is 5.62. The van der Waals surface area contributed by atoms with Crippen LogP contribution in [0, 0.1) is 6.92 Å². The zero-order valence-electron chi connectivity index (χ0n) is 10.5. The van der Waals surface area contributed by atoms with Gasteiger partial charge in [-0.2, -0.15) is 0 Å². The van der Waals surface area contributed by atoms with Crippen LogP contribution in [0.4, 0.5) is 11.4 Å². The highest BCUT2D eigenvalue weighted by Gasteiger charge is 2.13. The van der Waals surface area contributed by atoms with Crippen LogP contribution in [0.3, 0.4) is 0 Å². The molecule has 2 aromatic rings. The molecule has 0 amide bonds. The van der Waals surface area contributed by atoms with Gasteiger partial charge in [-0.05, 0) is 36.6 Å². The van der Waals surface area contributed by atoms with E-state index in [1.165, 1.54) is 16.8 Å². The molecule has 0 bridgehead atoms. The van der Waals surface area contributed by atoms with Crippen molar-refractivity contribution in [3.63, 3.8) is 0 Å². The van der Waals surface area contributed by atoms with Crippen LogP contribution in [0.15, 0.2) is 36.5 Å². The van der Waals surface area contributed by atoms with E-state index < -0.39 is 0 Å². The van der Waals surface area contributed by atoms with Crippen molar-refractivity contribution >= 4 is 11.4 Å². The fraction of sp³-hybridized carbons (Fsp3) is 0.267. The molecular weight excluding hydrogens is 222 g/mol. The number of nitrogens with one attached hydrogen (secondary N) is 2. The van der Waals surface area contributed by atoms with E-state index in [-0.39, 0.29) is 0 Å². The van der Waals surface area contributed by atoms with Crippen LogP contribution in [0.5, 0.6) is 0 Å². The van der Waals surface area contributed by atoms with Crippen molar-refractivity contribution in [2.24, 2.45) is 0 Å². The Hall–Kier alpha value is -2.03. The van der Waals surface area contributed by atoms with Crippen LogP contribution in [0.1, 0.15) is 16.8 Å². The predicted molar refractivity (Wildman–Crippen MR) is 74.9 cm³/mol. The standard InChI is InChI=1S/C15H17N3/c1-11-14(6-3-8-16-11)18-10-13-5-2-4-12-7-9-17-15(12)13/h2-6,8,17-18H,7,9-10H2,1H3. The molecule has 1 aromatic heterocycles. The second-order valence-corrected chi connectivity index (χ2v) is 4.62. The van der Waals surface area contributed by atoms with Crippen LogP contribution >= 0.6 is 0 Å². The monoisotopic (exact) mass is 239 g/mol. The Morgan fingerprint density at radius 2 is 2.22 bits per heavy atom. The van der Waals surface area contributed by atoms with Crippen LogP contribution in [-0.4, -0.2) is 11.5 Å². The Labute approximate surface area is 107 Å². The molecule has 3 nitrogen and oxygen atoms in total. The molecule has 0 fully saturated rings. The number of hydrogen-bond donors (Lipinski definition) is 2. The minimum absolute atomic E-state index is 0.836. The first-order valence-electron chi connectivity index (χ1n) is 6.35. The van der Waals surface area contributed by atoms with Crippen molar-refractivity contribution in [3.05, 3.63) is 53.3 Å². The maximum Gasteiger partial charge on any atom is 0.0603 e. The number of anilines is 2. The van der Waals surface area contributed by atoms with Gasteiger partial charge >= 0.3 is 0 Å². The van der Waals surface area contributed by atoms with Crippen molar-refractivity contribution in [2.45, 2.75) is 19.9 Å². The van der Waals surface area contributed by atoms with Gasteiger partial charge in [0.25, 0.3) is 0 Å². The summed E-state index contributed by atoms with van der Waals surface area (Å²) >= 11 is 0. The van der Waals surface area contributed by atoms with Gasteiger partial charge in [0.15, 0.2) is 0 Å². The maximum atomic E-state index is 4.29. The number of nitrogens with zero attached hydrogens (tertiary/aromatic N) is 1. The summed E-state index contributed by atoms with van der Waals surface area (Å²) in [5, 5.41) is 6.92. The Balaban J connectivity index is 1.78. The summed E-state index contributed by atoms with van der Waals surface area (Å²) in [4.78, 5) is 4.29. The number of fused-ring (bicyclic) bond motifs is 1. The zero-order valence-corrected chi connectivity index (χ0v) is 10.5. The molecule has 3 rings (SSSR count). The van der Waals surface area contributed by atoms with Crippen molar-refractivity contribution in [1.82, 2.24) is 4.98 Å². The lowest BCUT2D eigenvalue weighted by Gasteiger charge is -2.12. The van der Waals surface area contributed by atoms with Gasteiger partial charge in [0, 0.05) is 25.0 Å². The highest BCUT2D eigenvalue weighted by Crippen LogP contribution is 2.27. The highest BCUT2D eigenvalue weighted by atomic mass is 14.9. The minimum Gasteiger partial charge on any atom is -0.384 e. The van der Waals surface area contributed by atoms with Crippen LogP contribution in [-0.2, 0) is 13.0 Å². The summed E-state index contributed by atoms with van der Waals surface area (Å²) in [6.45, 7) is 3.91. The van der Waals surface area contributed by atoms with E-state index in [4.69, 9.17) is 0 Å². The van der Waals surface area contributed by atoms with E-state index >= 15 is 0 Å². The second kappa shape index (κ2) is 4.69. The quantitative estimate of drug-likeness (QED) is 0.864. The summed E-state index contributed by atoms with van der Waals surface area (Å²) in [6, 6.07) is 10.5. The van der Waals surface area contributed by atoms with Gasteiger partial charge in [-0.3, -0.25) is 4.98 Å². The Kier molecular flexibility index (Phi) is 2.89. The molecule has 0 radical (unpaired) electrons. The minimum atomic E-state index is 0.836. The molecule has 0 saturated heterocycles. The number of aryl methyl sites for hydroxylation is 1. The Bertz CT molecular complexity index is 563. The third-order valence-electron chi connectivity index (χ3n) is 3.41. The molecule has 92 valence electrons. The third-order valence-corrected chi connectivity index (χ3v) is 3.41.